The molecule has 0 radical (unpaired) electrons. The number of thiazole rings is 1. The van der Waals surface area contributed by atoms with Gasteiger partial charge in [-0.05, 0) is 38.1 Å². The number of hydrogen-bond donors (Lipinski definition) is 2. The van der Waals surface area contributed by atoms with E-state index in [0.717, 1.165) is 22.2 Å². The van der Waals surface area contributed by atoms with E-state index in [1.807, 2.05) is 32.0 Å². The lowest BCUT2D eigenvalue weighted by Crippen LogP contribution is -2.25. The number of ether oxygens (including phenoxy) is 2. The Morgan fingerprint density at radius 1 is 1.24 bits per heavy atom. The molecule has 150 valence electrons. The highest BCUT2D eigenvalue weighted by molar-refractivity contribution is 7.22. The van der Waals surface area contributed by atoms with E-state index in [2.05, 4.69) is 15.6 Å². The fourth-order valence-corrected chi connectivity index (χ4v) is 4.18. The van der Waals surface area contributed by atoms with Gasteiger partial charge in [-0.1, -0.05) is 23.5 Å². The van der Waals surface area contributed by atoms with Crippen LogP contribution in [-0.4, -0.2) is 29.0 Å². The minimum Gasteiger partial charge on any atom is -0.483 e. The lowest BCUT2D eigenvalue weighted by atomic mass is 10.0. The number of fused-ring (bicyclic) bond motifs is 2. The van der Waals surface area contributed by atoms with Crippen molar-refractivity contribution in [1.82, 2.24) is 4.98 Å². The second-order valence-electron chi connectivity index (χ2n) is 7.50. The Morgan fingerprint density at radius 3 is 2.86 bits per heavy atom. The zero-order valence-corrected chi connectivity index (χ0v) is 17.2. The molecule has 2 heterocycles. The number of carbonyl (C=O) groups is 2. The predicted octanol–water partition coefficient (Wildman–Crippen LogP) is 3.99. The van der Waals surface area contributed by atoms with Gasteiger partial charge in [0.25, 0.3) is 5.91 Å². The SMILES string of the molecule is CC(=O)Nc1ccc2nc(NC(=O)COc3cccc4c3OC(C)(C)C4)sc2c1. The Kier molecular flexibility index (Phi) is 4.87. The van der Waals surface area contributed by atoms with Gasteiger partial charge in [-0.15, -0.1) is 0 Å². The van der Waals surface area contributed by atoms with Crippen LogP contribution in [0, 0.1) is 0 Å². The predicted molar refractivity (Wildman–Crippen MR) is 113 cm³/mol. The third kappa shape index (κ3) is 4.32. The lowest BCUT2D eigenvalue weighted by molar-refractivity contribution is -0.118. The van der Waals surface area contributed by atoms with Gasteiger partial charge in [0, 0.05) is 24.6 Å². The zero-order valence-electron chi connectivity index (χ0n) is 16.4. The first kappa shape index (κ1) is 19.2. The molecule has 1 aliphatic heterocycles. The monoisotopic (exact) mass is 411 g/mol. The van der Waals surface area contributed by atoms with Crippen LogP contribution in [0.3, 0.4) is 0 Å². The van der Waals surface area contributed by atoms with Gasteiger partial charge in [0.15, 0.2) is 23.2 Å². The lowest BCUT2D eigenvalue weighted by Gasteiger charge is -2.18. The molecular formula is C21H21N3O4S. The van der Waals surface area contributed by atoms with Gasteiger partial charge in [-0.25, -0.2) is 4.98 Å². The van der Waals surface area contributed by atoms with Gasteiger partial charge in [-0.3, -0.25) is 14.9 Å². The maximum atomic E-state index is 12.3. The Bertz CT molecular complexity index is 1110. The molecule has 0 unspecified atom stereocenters. The van der Waals surface area contributed by atoms with Crippen molar-refractivity contribution in [3.63, 3.8) is 0 Å². The molecule has 0 saturated heterocycles. The first-order chi connectivity index (χ1) is 13.8. The Hall–Kier alpha value is -3.13. The van der Waals surface area contributed by atoms with Crippen molar-refractivity contribution in [2.45, 2.75) is 32.8 Å². The summed E-state index contributed by atoms with van der Waals surface area (Å²) in [6.45, 7) is 5.35. The first-order valence-corrected chi connectivity index (χ1v) is 10.0. The van der Waals surface area contributed by atoms with Crippen molar-refractivity contribution < 1.29 is 19.1 Å². The molecule has 0 aliphatic carbocycles. The fraction of sp³-hybridized carbons (Fsp3) is 0.286. The molecule has 8 heteroatoms. The van der Waals surface area contributed by atoms with E-state index in [0.29, 0.717) is 22.3 Å². The quantitative estimate of drug-likeness (QED) is 0.663. The van der Waals surface area contributed by atoms with E-state index in [4.69, 9.17) is 9.47 Å². The average molecular weight is 411 g/mol. The summed E-state index contributed by atoms with van der Waals surface area (Å²) < 4.78 is 12.5. The van der Waals surface area contributed by atoms with Crippen LogP contribution in [0.25, 0.3) is 10.2 Å². The summed E-state index contributed by atoms with van der Waals surface area (Å²) in [5, 5.41) is 5.97. The molecule has 0 fully saturated rings. The van der Waals surface area contributed by atoms with Crippen molar-refractivity contribution in [3.05, 3.63) is 42.0 Å². The summed E-state index contributed by atoms with van der Waals surface area (Å²) in [4.78, 5) is 27.9. The molecule has 0 bridgehead atoms. The topological polar surface area (TPSA) is 89.6 Å². The molecular weight excluding hydrogens is 390 g/mol. The van der Waals surface area contributed by atoms with Gasteiger partial charge in [-0.2, -0.15) is 0 Å². The standard InChI is InChI=1S/C21H21N3O4S/c1-12(25)22-14-7-8-15-17(9-14)29-20(23-15)24-18(26)11-27-16-6-4-5-13-10-21(2,3)28-19(13)16/h4-9H,10-11H2,1-3H3,(H,22,25)(H,23,24,26). The number of amides is 2. The molecule has 29 heavy (non-hydrogen) atoms. The third-order valence-electron chi connectivity index (χ3n) is 4.37. The summed E-state index contributed by atoms with van der Waals surface area (Å²) in [6, 6.07) is 11.1. The van der Waals surface area contributed by atoms with E-state index in [9.17, 15) is 9.59 Å². The molecule has 4 rings (SSSR count). The number of aromatic nitrogens is 1. The van der Waals surface area contributed by atoms with Gasteiger partial charge in [0.2, 0.25) is 5.91 Å². The molecule has 1 aromatic heterocycles. The summed E-state index contributed by atoms with van der Waals surface area (Å²) >= 11 is 1.33. The van der Waals surface area contributed by atoms with E-state index < -0.39 is 0 Å². The van der Waals surface area contributed by atoms with Gasteiger partial charge in [0.05, 0.1) is 10.2 Å². The van der Waals surface area contributed by atoms with E-state index in [1.165, 1.54) is 18.3 Å². The second-order valence-corrected chi connectivity index (χ2v) is 8.53. The molecule has 3 aromatic rings. The number of rotatable bonds is 5. The summed E-state index contributed by atoms with van der Waals surface area (Å²) in [6.07, 6.45) is 0.803. The number of nitrogens with one attached hydrogen (secondary N) is 2. The minimum atomic E-state index is -0.305. The fourth-order valence-electron chi connectivity index (χ4n) is 3.26. The van der Waals surface area contributed by atoms with Crippen molar-refractivity contribution in [2.75, 3.05) is 17.2 Å². The van der Waals surface area contributed by atoms with Gasteiger partial charge in [0.1, 0.15) is 5.60 Å². The minimum absolute atomic E-state index is 0.140. The highest BCUT2D eigenvalue weighted by Crippen LogP contribution is 2.41. The highest BCUT2D eigenvalue weighted by Gasteiger charge is 2.32. The first-order valence-electron chi connectivity index (χ1n) is 9.21. The largest absolute Gasteiger partial charge is 0.483 e. The summed E-state index contributed by atoms with van der Waals surface area (Å²) in [5.74, 6) is 0.823. The van der Waals surface area contributed by atoms with Crippen LogP contribution in [0.5, 0.6) is 11.5 Å². The van der Waals surface area contributed by atoms with Crippen LogP contribution in [-0.2, 0) is 16.0 Å². The Morgan fingerprint density at radius 2 is 2.07 bits per heavy atom. The smallest absolute Gasteiger partial charge is 0.264 e. The maximum absolute atomic E-state index is 12.3. The summed E-state index contributed by atoms with van der Waals surface area (Å²) in [5.41, 5.74) is 2.24. The Balaban J connectivity index is 1.41. The number of hydrogen-bond acceptors (Lipinski definition) is 6. The van der Waals surface area contributed by atoms with Crippen LogP contribution in [0.1, 0.15) is 26.3 Å². The van der Waals surface area contributed by atoms with Crippen molar-refractivity contribution in [1.29, 1.82) is 0 Å². The molecule has 1 aliphatic rings. The van der Waals surface area contributed by atoms with Crippen LogP contribution in [0.2, 0.25) is 0 Å². The number of para-hydroxylation sites is 1. The van der Waals surface area contributed by atoms with Crippen molar-refractivity contribution >= 4 is 44.2 Å². The molecule has 2 amide bonds. The van der Waals surface area contributed by atoms with Crippen molar-refractivity contribution in [3.8, 4) is 11.5 Å². The normalized spacial score (nSPS) is 14.2. The van der Waals surface area contributed by atoms with Crippen molar-refractivity contribution in [2.24, 2.45) is 0 Å². The van der Waals surface area contributed by atoms with E-state index >= 15 is 0 Å². The molecule has 7 nitrogen and oxygen atoms in total. The van der Waals surface area contributed by atoms with Crippen LogP contribution in [0.15, 0.2) is 36.4 Å². The molecule has 2 N–H and O–H groups in total. The highest BCUT2D eigenvalue weighted by atomic mass is 32.1. The molecule has 0 atom stereocenters. The third-order valence-corrected chi connectivity index (χ3v) is 5.30. The second kappa shape index (κ2) is 7.36. The van der Waals surface area contributed by atoms with E-state index in [1.54, 1.807) is 18.2 Å². The van der Waals surface area contributed by atoms with E-state index in [-0.39, 0.29) is 24.0 Å². The number of nitrogens with zero attached hydrogens (tertiary/aromatic N) is 1. The number of carbonyl (C=O) groups excluding carboxylic acids is 2. The van der Waals surface area contributed by atoms with Crippen LogP contribution >= 0.6 is 11.3 Å². The van der Waals surface area contributed by atoms with Gasteiger partial charge >= 0.3 is 0 Å². The molecule has 0 saturated carbocycles. The molecule has 2 aromatic carbocycles. The summed E-state index contributed by atoms with van der Waals surface area (Å²) in [7, 11) is 0. The average Bonchev–Trinajstić information content (AvgIpc) is 3.17. The maximum Gasteiger partial charge on any atom is 0.264 e. The Labute approximate surface area is 172 Å². The zero-order chi connectivity index (χ0) is 20.6. The molecule has 0 spiro atoms. The number of benzene rings is 2. The number of anilines is 2. The van der Waals surface area contributed by atoms with Crippen LogP contribution in [0.4, 0.5) is 10.8 Å². The van der Waals surface area contributed by atoms with Gasteiger partial charge < -0.3 is 14.8 Å². The van der Waals surface area contributed by atoms with Crippen LogP contribution < -0.4 is 20.1 Å².